The molecule has 2 aromatic carbocycles. The molecule has 2 aromatic rings. The van der Waals surface area contributed by atoms with Gasteiger partial charge in [-0.2, -0.15) is 0 Å². The van der Waals surface area contributed by atoms with Crippen molar-refractivity contribution in [1.29, 1.82) is 0 Å². The number of benzene rings is 2. The molecule has 0 fully saturated rings. The highest BCUT2D eigenvalue weighted by atomic mass is 16.5. The molecule has 0 radical (unpaired) electrons. The molecule has 2 rings (SSSR count). The van der Waals surface area contributed by atoms with Crippen molar-refractivity contribution >= 4 is 40.8 Å². The van der Waals surface area contributed by atoms with Crippen LogP contribution in [-0.4, -0.2) is 43.6 Å². The van der Waals surface area contributed by atoms with Gasteiger partial charge in [0, 0.05) is 36.6 Å². The zero-order valence-corrected chi connectivity index (χ0v) is 22.6. The minimum atomic E-state index is -0.584. The molecule has 0 atom stereocenters. The fourth-order valence-corrected chi connectivity index (χ4v) is 3.62. The van der Waals surface area contributed by atoms with Crippen molar-refractivity contribution in [1.82, 2.24) is 0 Å². The van der Waals surface area contributed by atoms with Gasteiger partial charge in [-0.1, -0.05) is 13.8 Å². The van der Waals surface area contributed by atoms with Crippen LogP contribution in [-0.2, 0) is 14.3 Å². The van der Waals surface area contributed by atoms with E-state index in [0.29, 0.717) is 35.3 Å². The van der Waals surface area contributed by atoms with Gasteiger partial charge in [0.2, 0.25) is 5.91 Å². The number of nitrogens with two attached hydrogens (primary N) is 1. The SMILES string of the molecule is CCCC(=O)c1cc(C(=O)OC)c(N)cc1C.CCCC(=O)c1cc(C(=O)OC)c(NC(C)=O)cc1C. The fourth-order valence-electron chi connectivity index (χ4n) is 3.62. The first-order valence-electron chi connectivity index (χ1n) is 12.0. The summed E-state index contributed by atoms with van der Waals surface area (Å²) < 4.78 is 9.31. The van der Waals surface area contributed by atoms with Gasteiger partial charge in [0.25, 0.3) is 0 Å². The summed E-state index contributed by atoms with van der Waals surface area (Å²) in [4.78, 5) is 58.3. The molecule has 9 nitrogen and oxygen atoms in total. The molecule has 0 heterocycles. The van der Waals surface area contributed by atoms with Crippen molar-refractivity contribution in [3.63, 3.8) is 0 Å². The van der Waals surface area contributed by atoms with E-state index in [0.717, 1.165) is 24.0 Å². The summed E-state index contributed by atoms with van der Waals surface area (Å²) in [5.74, 6) is -1.39. The molecule has 0 aliphatic carbocycles. The lowest BCUT2D eigenvalue weighted by Gasteiger charge is -2.13. The van der Waals surface area contributed by atoms with Crippen molar-refractivity contribution in [2.75, 3.05) is 25.3 Å². The van der Waals surface area contributed by atoms with Crippen LogP contribution < -0.4 is 11.1 Å². The first-order chi connectivity index (χ1) is 17.4. The number of ether oxygens (including phenoxy) is 2. The maximum absolute atomic E-state index is 12.0. The Morgan fingerprint density at radius 1 is 0.730 bits per heavy atom. The highest BCUT2D eigenvalue weighted by Crippen LogP contribution is 2.24. The molecule has 0 aliphatic rings. The monoisotopic (exact) mass is 512 g/mol. The molecule has 0 saturated carbocycles. The Hall–Kier alpha value is -4.01. The van der Waals surface area contributed by atoms with E-state index in [4.69, 9.17) is 10.5 Å². The molecule has 9 heteroatoms. The van der Waals surface area contributed by atoms with E-state index in [-0.39, 0.29) is 28.6 Å². The molecular formula is C28H36N2O7. The van der Waals surface area contributed by atoms with Crippen LogP contribution in [0.1, 0.15) is 99.0 Å². The van der Waals surface area contributed by atoms with Crippen LogP contribution in [0.25, 0.3) is 0 Å². The number of hydrogen-bond donors (Lipinski definition) is 2. The zero-order valence-electron chi connectivity index (χ0n) is 22.6. The Morgan fingerprint density at radius 3 is 1.59 bits per heavy atom. The number of amides is 1. The second kappa shape index (κ2) is 14.5. The number of nitrogens with one attached hydrogen (secondary N) is 1. The van der Waals surface area contributed by atoms with Crippen LogP contribution >= 0.6 is 0 Å². The minimum Gasteiger partial charge on any atom is -0.465 e. The second-order valence-corrected chi connectivity index (χ2v) is 8.48. The van der Waals surface area contributed by atoms with Gasteiger partial charge in [-0.05, 0) is 62.1 Å². The molecule has 37 heavy (non-hydrogen) atoms. The highest BCUT2D eigenvalue weighted by Gasteiger charge is 2.19. The largest absolute Gasteiger partial charge is 0.465 e. The van der Waals surface area contributed by atoms with Crippen molar-refractivity contribution in [2.24, 2.45) is 0 Å². The number of rotatable bonds is 9. The molecule has 3 N–H and O–H groups in total. The number of esters is 2. The molecular weight excluding hydrogens is 476 g/mol. The van der Waals surface area contributed by atoms with E-state index < -0.39 is 11.9 Å². The predicted molar refractivity (Wildman–Crippen MR) is 142 cm³/mol. The molecule has 0 aliphatic heterocycles. The van der Waals surface area contributed by atoms with Gasteiger partial charge in [0.1, 0.15) is 0 Å². The predicted octanol–water partition coefficient (Wildman–Crippen LogP) is 5.07. The number of methoxy groups -OCH3 is 2. The van der Waals surface area contributed by atoms with Gasteiger partial charge in [-0.25, -0.2) is 9.59 Å². The number of nitrogen functional groups attached to an aromatic ring is 1. The first kappa shape index (κ1) is 31.0. The molecule has 0 bridgehead atoms. The number of anilines is 2. The summed E-state index contributed by atoms with van der Waals surface area (Å²) in [6.07, 6.45) is 2.39. The van der Waals surface area contributed by atoms with E-state index in [9.17, 15) is 24.0 Å². The Morgan fingerprint density at radius 2 is 1.16 bits per heavy atom. The molecule has 1 amide bonds. The van der Waals surface area contributed by atoms with E-state index in [1.54, 1.807) is 26.0 Å². The van der Waals surface area contributed by atoms with Crippen LogP contribution in [0.2, 0.25) is 0 Å². The summed E-state index contributed by atoms with van der Waals surface area (Å²) in [5, 5.41) is 2.58. The number of carbonyl (C=O) groups is 5. The summed E-state index contributed by atoms with van der Waals surface area (Å²) in [6, 6.07) is 6.27. The van der Waals surface area contributed by atoms with Gasteiger partial charge in [0.05, 0.1) is 31.0 Å². The lowest BCUT2D eigenvalue weighted by Crippen LogP contribution is -2.14. The number of ketones is 2. The Labute approximate surface area is 217 Å². The summed E-state index contributed by atoms with van der Waals surface area (Å²) in [6.45, 7) is 8.79. The van der Waals surface area contributed by atoms with Crippen LogP contribution in [0, 0.1) is 13.8 Å². The van der Waals surface area contributed by atoms with Gasteiger partial charge < -0.3 is 20.5 Å². The topological polar surface area (TPSA) is 142 Å². The Balaban J connectivity index is 0.000000375. The number of hydrogen-bond acceptors (Lipinski definition) is 8. The molecule has 0 spiro atoms. The smallest absolute Gasteiger partial charge is 0.339 e. The van der Waals surface area contributed by atoms with E-state index >= 15 is 0 Å². The fraction of sp³-hybridized carbons (Fsp3) is 0.393. The lowest BCUT2D eigenvalue weighted by atomic mass is 9.97. The van der Waals surface area contributed by atoms with Gasteiger partial charge in [0.15, 0.2) is 11.6 Å². The van der Waals surface area contributed by atoms with E-state index in [2.05, 4.69) is 10.1 Å². The highest BCUT2D eigenvalue weighted by molar-refractivity contribution is 6.05. The van der Waals surface area contributed by atoms with Gasteiger partial charge in [-0.15, -0.1) is 0 Å². The quantitative estimate of drug-likeness (QED) is 0.269. The maximum atomic E-state index is 12.0. The number of Topliss-reactive ketones (excluding diaryl/α,β-unsaturated/α-hetero) is 2. The Bertz CT molecular complexity index is 1190. The zero-order chi connectivity index (χ0) is 28.3. The molecule has 0 aromatic heterocycles. The normalized spacial score (nSPS) is 10.0. The standard InChI is InChI=1S/C15H19NO4.C13H17NO3/c1-5-6-14(18)11-8-12(15(19)20-4)13(7-9(11)2)16-10(3)17;1-4-5-12(15)9-7-10(13(16)17-3)11(14)6-8(9)2/h7-8H,5-6H2,1-4H3,(H,16,17);6-7H,4-5,14H2,1-3H3. The number of carbonyl (C=O) groups excluding carboxylic acids is 5. The van der Waals surface area contributed by atoms with Gasteiger partial charge in [-0.3, -0.25) is 14.4 Å². The third-order valence-corrected chi connectivity index (χ3v) is 5.44. The van der Waals surface area contributed by atoms with Crippen molar-refractivity contribution in [2.45, 2.75) is 60.3 Å². The van der Waals surface area contributed by atoms with Crippen LogP contribution in [0.5, 0.6) is 0 Å². The molecule has 200 valence electrons. The minimum absolute atomic E-state index is 0.0233. The summed E-state index contributed by atoms with van der Waals surface area (Å²) in [7, 11) is 2.54. The first-order valence-corrected chi connectivity index (χ1v) is 12.0. The third-order valence-electron chi connectivity index (χ3n) is 5.44. The lowest BCUT2D eigenvalue weighted by molar-refractivity contribution is -0.114. The maximum Gasteiger partial charge on any atom is 0.339 e. The van der Waals surface area contributed by atoms with Gasteiger partial charge >= 0.3 is 11.9 Å². The average molecular weight is 513 g/mol. The van der Waals surface area contributed by atoms with Crippen molar-refractivity contribution in [3.8, 4) is 0 Å². The van der Waals surface area contributed by atoms with E-state index in [1.807, 2.05) is 13.8 Å². The molecule has 0 unspecified atom stereocenters. The number of aryl methyl sites for hydroxylation is 2. The second-order valence-electron chi connectivity index (χ2n) is 8.48. The van der Waals surface area contributed by atoms with Crippen LogP contribution in [0.3, 0.4) is 0 Å². The third kappa shape index (κ3) is 8.56. The summed E-state index contributed by atoms with van der Waals surface area (Å²) in [5.41, 5.74) is 9.39. The van der Waals surface area contributed by atoms with Crippen molar-refractivity contribution in [3.05, 3.63) is 57.6 Å². The Kier molecular flexibility index (Phi) is 12.2. The summed E-state index contributed by atoms with van der Waals surface area (Å²) >= 11 is 0. The van der Waals surface area contributed by atoms with Crippen LogP contribution in [0.4, 0.5) is 11.4 Å². The van der Waals surface area contributed by atoms with E-state index in [1.165, 1.54) is 33.3 Å². The molecule has 0 saturated heterocycles. The van der Waals surface area contributed by atoms with Crippen LogP contribution in [0.15, 0.2) is 24.3 Å². The van der Waals surface area contributed by atoms with Crippen molar-refractivity contribution < 1.29 is 33.4 Å². The average Bonchev–Trinajstić information content (AvgIpc) is 2.83.